The Hall–Kier alpha value is -5.38. The fraction of sp³-hybridized carbons (Fsp3) is 0.206. The molecule has 222 valence electrons. The maximum absolute atomic E-state index is 13.4. The highest BCUT2D eigenvalue weighted by Crippen LogP contribution is 2.30. The minimum Gasteiger partial charge on any atom is -0.493 e. The third-order valence-corrected chi connectivity index (χ3v) is 7.43. The van der Waals surface area contributed by atoms with Gasteiger partial charge in [-0.2, -0.15) is 0 Å². The lowest BCUT2D eigenvalue weighted by atomic mass is 10.1. The Morgan fingerprint density at radius 1 is 1.02 bits per heavy atom. The quantitative estimate of drug-likeness (QED) is 0.222. The van der Waals surface area contributed by atoms with E-state index in [1.807, 2.05) is 29.7 Å². The maximum atomic E-state index is 13.4. The number of nitrogens with zero attached hydrogens (tertiary/aromatic N) is 5. The zero-order chi connectivity index (χ0) is 30.6. The molecule has 0 saturated heterocycles. The molecule has 0 aliphatic carbocycles. The van der Waals surface area contributed by atoms with Crippen LogP contribution in [0.3, 0.4) is 0 Å². The number of carbonyl (C=O) groups excluding carboxylic acids is 1. The normalized spacial score (nSPS) is 11.2. The van der Waals surface area contributed by atoms with Crippen molar-refractivity contribution in [3.63, 3.8) is 0 Å². The van der Waals surface area contributed by atoms with E-state index in [4.69, 9.17) is 9.72 Å². The van der Waals surface area contributed by atoms with Gasteiger partial charge < -0.3 is 19.2 Å². The van der Waals surface area contributed by atoms with E-state index >= 15 is 0 Å². The second kappa shape index (κ2) is 12.5. The predicted molar refractivity (Wildman–Crippen MR) is 167 cm³/mol. The van der Waals surface area contributed by atoms with Crippen LogP contribution in [0, 0.1) is 5.82 Å². The maximum Gasteiger partial charge on any atom is 0.259 e. The lowest BCUT2D eigenvalue weighted by Crippen LogP contribution is -2.29. The molecule has 0 unspecified atom stereocenters. The van der Waals surface area contributed by atoms with Gasteiger partial charge in [0.05, 0.1) is 40.4 Å². The van der Waals surface area contributed by atoms with E-state index in [1.165, 1.54) is 12.1 Å². The molecule has 44 heavy (non-hydrogen) atoms. The number of aromatic amines is 1. The molecule has 1 N–H and O–H groups in total. The van der Waals surface area contributed by atoms with Crippen LogP contribution in [-0.4, -0.2) is 55.5 Å². The molecule has 3 aromatic carbocycles. The summed E-state index contributed by atoms with van der Waals surface area (Å²) in [4.78, 5) is 45.0. The molecule has 6 rings (SSSR count). The molecule has 0 bridgehead atoms. The van der Waals surface area contributed by atoms with E-state index < -0.39 is 0 Å². The molecule has 0 aliphatic heterocycles. The van der Waals surface area contributed by atoms with E-state index in [-0.39, 0.29) is 17.3 Å². The van der Waals surface area contributed by atoms with Crippen LogP contribution in [0.15, 0.2) is 90.1 Å². The molecule has 1 amide bonds. The van der Waals surface area contributed by atoms with Gasteiger partial charge in [-0.05, 0) is 66.6 Å². The molecule has 0 saturated carbocycles. The Balaban J connectivity index is 1.34. The minimum absolute atomic E-state index is 0.166. The number of imidazole rings is 1. The van der Waals surface area contributed by atoms with Crippen LogP contribution in [0.4, 0.5) is 4.39 Å². The van der Waals surface area contributed by atoms with Gasteiger partial charge in [-0.15, -0.1) is 0 Å². The molecule has 0 atom stereocenters. The van der Waals surface area contributed by atoms with Crippen molar-refractivity contribution in [1.82, 2.24) is 29.4 Å². The molecule has 6 aromatic rings. The minimum atomic E-state index is -0.327. The SMILES string of the molecule is CCCOc1ccc(C(=O)N(C)CCc2ccccn2)cc1-c1nc2cc3ncn(Cc4ccc(F)cc4)c3cc2c(=O)[nH]1. The summed E-state index contributed by atoms with van der Waals surface area (Å²) in [6.07, 6.45) is 4.84. The van der Waals surface area contributed by atoms with Gasteiger partial charge in [-0.1, -0.05) is 25.1 Å². The summed E-state index contributed by atoms with van der Waals surface area (Å²) in [7, 11) is 1.75. The third-order valence-electron chi connectivity index (χ3n) is 7.43. The van der Waals surface area contributed by atoms with Crippen molar-refractivity contribution in [2.24, 2.45) is 0 Å². The van der Waals surface area contributed by atoms with Gasteiger partial charge in [0.25, 0.3) is 11.5 Å². The first-order valence-electron chi connectivity index (χ1n) is 14.5. The monoisotopic (exact) mass is 590 g/mol. The van der Waals surface area contributed by atoms with Gasteiger partial charge >= 0.3 is 0 Å². The highest BCUT2D eigenvalue weighted by atomic mass is 19.1. The lowest BCUT2D eigenvalue weighted by Gasteiger charge is -2.18. The lowest BCUT2D eigenvalue weighted by molar-refractivity contribution is 0.0796. The van der Waals surface area contributed by atoms with Crippen LogP contribution < -0.4 is 10.3 Å². The van der Waals surface area contributed by atoms with E-state index in [1.54, 1.807) is 66.9 Å². The number of H-pyrrole nitrogens is 1. The number of pyridine rings is 1. The Morgan fingerprint density at radius 3 is 2.64 bits per heavy atom. The number of amides is 1. The summed E-state index contributed by atoms with van der Waals surface area (Å²) in [6, 6.07) is 20.7. The van der Waals surface area contributed by atoms with Crippen molar-refractivity contribution in [3.8, 4) is 17.1 Å². The fourth-order valence-electron chi connectivity index (χ4n) is 5.07. The topological polar surface area (TPSA) is 106 Å². The van der Waals surface area contributed by atoms with Crippen molar-refractivity contribution in [1.29, 1.82) is 0 Å². The largest absolute Gasteiger partial charge is 0.493 e. The van der Waals surface area contributed by atoms with Gasteiger partial charge in [-0.25, -0.2) is 14.4 Å². The highest BCUT2D eigenvalue weighted by Gasteiger charge is 2.19. The van der Waals surface area contributed by atoms with Crippen molar-refractivity contribution in [3.05, 3.63) is 118 Å². The summed E-state index contributed by atoms with van der Waals surface area (Å²) in [5.74, 6) is 0.353. The smallest absolute Gasteiger partial charge is 0.259 e. The zero-order valence-electron chi connectivity index (χ0n) is 24.5. The number of ether oxygens (including phenoxy) is 1. The number of hydrogen-bond acceptors (Lipinski definition) is 6. The third kappa shape index (κ3) is 6.05. The highest BCUT2D eigenvalue weighted by molar-refractivity contribution is 5.96. The number of hydrogen-bond donors (Lipinski definition) is 1. The molecule has 0 spiro atoms. The van der Waals surface area contributed by atoms with Crippen LogP contribution in [0.25, 0.3) is 33.3 Å². The van der Waals surface area contributed by atoms with Crippen LogP contribution >= 0.6 is 0 Å². The summed E-state index contributed by atoms with van der Waals surface area (Å²) in [5.41, 5.74) is 4.35. The summed E-state index contributed by atoms with van der Waals surface area (Å²) in [6.45, 7) is 3.44. The predicted octanol–water partition coefficient (Wildman–Crippen LogP) is 5.63. The molecular formula is C34H31FN6O3. The number of fused-ring (bicyclic) bond motifs is 2. The molecule has 0 aliphatic rings. The standard InChI is InChI=1S/C34H31FN6O3/c1-3-16-44-31-12-9-23(34(43)40(2)15-13-25-6-4-5-14-36-25)17-27(31)32-38-28-19-29-30(18-26(28)33(42)39-32)41(21-37-29)20-22-7-10-24(35)11-8-22/h4-12,14,17-19,21H,3,13,15-16,20H2,1-2H3,(H,38,39,42). The second-order valence-corrected chi connectivity index (χ2v) is 10.6. The summed E-state index contributed by atoms with van der Waals surface area (Å²) >= 11 is 0. The molecular weight excluding hydrogens is 559 g/mol. The number of rotatable bonds is 10. The van der Waals surface area contributed by atoms with Crippen molar-refractivity contribution >= 4 is 27.8 Å². The molecule has 0 radical (unpaired) electrons. The number of halogens is 1. The van der Waals surface area contributed by atoms with Crippen LogP contribution in [-0.2, 0) is 13.0 Å². The van der Waals surface area contributed by atoms with Crippen LogP contribution in [0.5, 0.6) is 5.75 Å². The van der Waals surface area contributed by atoms with E-state index in [9.17, 15) is 14.0 Å². The number of benzene rings is 3. The first-order chi connectivity index (χ1) is 21.4. The zero-order valence-corrected chi connectivity index (χ0v) is 24.5. The number of likely N-dealkylation sites (N-methyl/N-ethyl adjacent to an activating group) is 1. The van der Waals surface area contributed by atoms with Crippen molar-refractivity contribution in [2.45, 2.75) is 26.3 Å². The second-order valence-electron chi connectivity index (χ2n) is 10.6. The first kappa shape index (κ1) is 28.7. The number of nitrogens with one attached hydrogen (secondary N) is 1. The number of aromatic nitrogens is 5. The first-order valence-corrected chi connectivity index (χ1v) is 14.5. The van der Waals surface area contributed by atoms with E-state index in [0.29, 0.717) is 65.2 Å². The van der Waals surface area contributed by atoms with Crippen LogP contribution in [0.1, 0.15) is 35.0 Å². The van der Waals surface area contributed by atoms with Gasteiger partial charge in [0.15, 0.2) is 0 Å². The van der Waals surface area contributed by atoms with Gasteiger partial charge in [0.2, 0.25) is 0 Å². The molecule has 0 fully saturated rings. The van der Waals surface area contributed by atoms with E-state index in [2.05, 4.69) is 15.0 Å². The van der Waals surface area contributed by atoms with Gasteiger partial charge in [-0.3, -0.25) is 14.6 Å². The average molecular weight is 591 g/mol. The van der Waals surface area contributed by atoms with E-state index in [0.717, 1.165) is 23.2 Å². The molecule has 3 heterocycles. The number of carbonyl (C=O) groups is 1. The average Bonchev–Trinajstić information content (AvgIpc) is 3.44. The molecule has 3 aromatic heterocycles. The Kier molecular flexibility index (Phi) is 8.14. The summed E-state index contributed by atoms with van der Waals surface area (Å²) < 4.78 is 21.3. The Bertz CT molecular complexity index is 2000. The van der Waals surface area contributed by atoms with Gasteiger partial charge in [0, 0.05) is 44.0 Å². The summed E-state index contributed by atoms with van der Waals surface area (Å²) in [5, 5.41) is 0.402. The van der Waals surface area contributed by atoms with Crippen LogP contribution in [0.2, 0.25) is 0 Å². The fourth-order valence-corrected chi connectivity index (χ4v) is 5.07. The Labute approximate surface area is 253 Å². The van der Waals surface area contributed by atoms with Gasteiger partial charge in [0.1, 0.15) is 17.4 Å². The van der Waals surface area contributed by atoms with Crippen molar-refractivity contribution < 1.29 is 13.9 Å². The Morgan fingerprint density at radius 2 is 1.86 bits per heavy atom. The van der Waals surface area contributed by atoms with Crippen molar-refractivity contribution in [2.75, 3.05) is 20.2 Å². The molecule has 10 heteroatoms. The molecule has 9 nitrogen and oxygen atoms in total.